The molecule has 1 aliphatic rings. The van der Waals surface area contributed by atoms with Gasteiger partial charge in [-0.1, -0.05) is 30.1 Å². The van der Waals surface area contributed by atoms with E-state index >= 15 is 0 Å². The van der Waals surface area contributed by atoms with Gasteiger partial charge in [-0.2, -0.15) is 5.26 Å². The third kappa shape index (κ3) is 3.89. The number of piperidine rings is 1. The minimum atomic E-state index is -0.354. The first-order valence-corrected chi connectivity index (χ1v) is 10.6. The molecule has 1 aromatic carbocycles. The van der Waals surface area contributed by atoms with Gasteiger partial charge < -0.3 is 19.9 Å². The number of nitrogens with one attached hydrogen (secondary N) is 1. The summed E-state index contributed by atoms with van der Waals surface area (Å²) in [6.45, 7) is 3.31. The van der Waals surface area contributed by atoms with Crippen LogP contribution in [0.3, 0.4) is 0 Å². The summed E-state index contributed by atoms with van der Waals surface area (Å²) in [5.74, 6) is 0.263. The lowest BCUT2D eigenvalue weighted by molar-refractivity contribution is 0.402. The minimum absolute atomic E-state index is 0.0683. The Morgan fingerprint density at radius 1 is 1.29 bits per heavy atom. The molecule has 160 valence electrons. The Morgan fingerprint density at radius 3 is 2.74 bits per heavy atom. The second kappa shape index (κ2) is 8.29. The van der Waals surface area contributed by atoms with Crippen molar-refractivity contribution < 1.29 is 5.11 Å². The maximum absolute atomic E-state index is 12.8. The molecule has 4 rings (SSSR count). The molecule has 0 unspecified atom stereocenters. The molecule has 7 nitrogen and oxygen atoms in total. The van der Waals surface area contributed by atoms with Crippen LogP contribution >= 0.6 is 23.2 Å². The number of phenolic OH excluding ortho intramolecular Hbond substituents is 1. The fourth-order valence-corrected chi connectivity index (χ4v) is 4.48. The van der Waals surface area contributed by atoms with E-state index in [0.717, 1.165) is 6.42 Å². The molecule has 1 fully saturated rings. The first-order valence-electron chi connectivity index (χ1n) is 9.89. The molecular weight excluding hydrogens is 437 g/mol. The maximum Gasteiger partial charge on any atom is 0.270 e. The first kappa shape index (κ1) is 21.3. The van der Waals surface area contributed by atoms with Crippen molar-refractivity contribution in [1.82, 2.24) is 9.55 Å². The van der Waals surface area contributed by atoms with Crippen LogP contribution in [0.1, 0.15) is 18.9 Å². The van der Waals surface area contributed by atoms with Crippen LogP contribution in [0.2, 0.25) is 10.2 Å². The van der Waals surface area contributed by atoms with Gasteiger partial charge in [-0.05, 0) is 36.6 Å². The summed E-state index contributed by atoms with van der Waals surface area (Å²) in [4.78, 5) is 19.3. The third-order valence-corrected chi connectivity index (χ3v) is 6.26. The number of aromatic hydroxyl groups is 1. The highest BCUT2D eigenvalue weighted by molar-refractivity contribution is 6.30. The van der Waals surface area contributed by atoms with Crippen molar-refractivity contribution >= 4 is 45.6 Å². The predicted octanol–water partition coefficient (Wildman–Crippen LogP) is 4.14. The van der Waals surface area contributed by atoms with Gasteiger partial charge in [-0.25, -0.2) is 4.98 Å². The number of halogens is 2. The van der Waals surface area contributed by atoms with Gasteiger partial charge in [0.1, 0.15) is 28.1 Å². The number of aryl methyl sites for hydroxylation is 1. The summed E-state index contributed by atoms with van der Waals surface area (Å²) in [5.41, 5.74) is 2.04. The lowest BCUT2D eigenvalue weighted by Crippen LogP contribution is -2.46. The maximum atomic E-state index is 12.8. The van der Waals surface area contributed by atoms with E-state index in [9.17, 15) is 15.2 Å². The molecule has 31 heavy (non-hydrogen) atoms. The fourth-order valence-electron chi connectivity index (χ4n) is 4.17. The molecule has 0 saturated carbocycles. The molecule has 0 bridgehead atoms. The van der Waals surface area contributed by atoms with Crippen molar-refractivity contribution in [2.75, 3.05) is 23.3 Å². The predicted molar refractivity (Wildman–Crippen MR) is 123 cm³/mol. The van der Waals surface area contributed by atoms with Gasteiger partial charge in [-0.3, -0.25) is 4.79 Å². The zero-order valence-corrected chi connectivity index (χ0v) is 18.6. The zero-order valence-electron chi connectivity index (χ0n) is 17.1. The Morgan fingerprint density at radius 2 is 2.06 bits per heavy atom. The molecule has 0 amide bonds. The van der Waals surface area contributed by atoms with E-state index in [0.29, 0.717) is 45.7 Å². The van der Waals surface area contributed by atoms with Crippen LogP contribution in [-0.4, -0.2) is 33.8 Å². The number of benzene rings is 1. The molecule has 1 aliphatic heterocycles. The third-order valence-electron chi connectivity index (χ3n) is 5.81. The normalized spacial score (nSPS) is 18.7. The average Bonchev–Trinajstić information content (AvgIpc) is 2.73. The summed E-state index contributed by atoms with van der Waals surface area (Å²) in [5, 5.41) is 24.1. The van der Waals surface area contributed by atoms with Crippen molar-refractivity contribution in [3.8, 4) is 11.8 Å². The molecule has 0 radical (unpaired) electrons. The number of aromatic nitrogens is 2. The van der Waals surface area contributed by atoms with Crippen LogP contribution in [0.15, 0.2) is 35.1 Å². The quantitative estimate of drug-likeness (QED) is 0.453. The van der Waals surface area contributed by atoms with E-state index in [1.54, 1.807) is 31.3 Å². The second-order valence-corrected chi connectivity index (χ2v) is 8.65. The van der Waals surface area contributed by atoms with E-state index in [-0.39, 0.29) is 28.8 Å². The van der Waals surface area contributed by atoms with E-state index in [1.165, 1.54) is 10.6 Å². The minimum Gasteiger partial charge on any atom is -0.506 e. The van der Waals surface area contributed by atoms with Crippen molar-refractivity contribution in [3.05, 3.63) is 56.4 Å². The van der Waals surface area contributed by atoms with Gasteiger partial charge >= 0.3 is 0 Å². The number of pyridine rings is 2. The molecule has 2 aromatic heterocycles. The highest BCUT2D eigenvalue weighted by Crippen LogP contribution is 2.34. The molecule has 3 heterocycles. The Balaban J connectivity index is 1.68. The van der Waals surface area contributed by atoms with Crippen LogP contribution in [0.25, 0.3) is 11.0 Å². The molecule has 0 spiro atoms. The lowest BCUT2D eigenvalue weighted by atomic mass is 9.92. The number of rotatable bonds is 3. The smallest absolute Gasteiger partial charge is 0.270 e. The van der Waals surface area contributed by atoms with E-state index in [2.05, 4.69) is 23.3 Å². The topological polar surface area (TPSA) is 94.2 Å². The number of phenols is 1. The Hall–Kier alpha value is -2.95. The highest BCUT2D eigenvalue weighted by atomic mass is 35.5. The van der Waals surface area contributed by atoms with Gasteiger partial charge in [0.15, 0.2) is 0 Å². The Kier molecular flexibility index (Phi) is 5.69. The average molecular weight is 458 g/mol. The number of anilines is 2. The van der Waals surface area contributed by atoms with Gasteiger partial charge in [0, 0.05) is 37.3 Å². The number of hydrogen-bond acceptors (Lipinski definition) is 6. The van der Waals surface area contributed by atoms with E-state index < -0.39 is 0 Å². The largest absolute Gasteiger partial charge is 0.506 e. The van der Waals surface area contributed by atoms with Crippen molar-refractivity contribution in [1.29, 1.82) is 5.26 Å². The summed E-state index contributed by atoms with van der Waals surface area (Å²) in [7, 11) is 1.63. The van der Waals surface area contributed by atoms with E-state index in [1.807, 2.05) is 4.90 Å². The van der Waals surface area contributed by atoms with Crippen LogP contribution in [-0.2, 0) is 7.05 Å². The molecule has 3 aromatic rings. The Bertz CT molecular complexity index is 1270. The molecule has 9 heteroatoms. The Labute approximate surface area is 189 Å². The summed E-state index contributed by atoms with van der Waals surface area (Å²) >= 11 is 12.1. The first-order chi connectivity index (χ1) is 14.8. The number of nitrogens with zero attached hydrogens (tertiary/aromatic N) is 4. The molecule has 0 aliphatic carbocycles. The summed E-state index contributed by atoms with van der Waals surface area (Å²) in [6, 6.07) is 10.5. The van der Waals surface area contributed by atoms with Gasteiger partial charge in [-0.15, -0.1) is 0 Å². The fraction of sp³-hybridized carbons (Fsp3) is 0.318. The summed E-state index contributed by atoms with van der Waals surface area (Å²) < 4.78 is 1.43. The van der Waals surface area contributed by atoms with Gasteiger partial charge in [0.25, 0.3) is 5.56 Å². The SMILES string of the molecule is C[C@H]1CN(c2c(C#N)c(=O)n(C)c3ccc(Cl)nc23)CC[C@@H]1Nc1ccc(Cl)cc1O. The van der Waals surface area contributed by atoms with E-state index in [4.69, 9.17) is 23.2 Å². The molecule has 2 N–H and O–H groups in total. The van der Waals surface area contributed by atoms with Crippen molar-refractivity contribution in [2.24, 2.45) is 13.0 Å². The van der Waals surface area contributed by atoms with Crippen molar-refractivity contribution in [2.45, 2.75) is 19.4 Å². The number of nitriles is 1. The van der Waals surface area contributed by atoms with Gasteiger partial charge in [0.2, 0.25) is 0 Å². The highest BCUT2D eigenvalue weighted by Gasteiger charge is 2.30. The molecule has 1 saturated heterocycles. The van der Waals surface area contributed by atoms with Crippen molar-refractivity contribution in [3.63, 3.8) is 0 Å². The second-order valence-electron chi connectivity index (χ2n) is 7.83. The van der Waals surface area contributed by atoms with Crippen LogP contribution in [0.4, 0.5) is 11.4 Å². The van der Waals surface area contributed by atoms with Gasteiger partial charge in [0.05, 0.1) is 16.9 Å². The monoisotopic (exact) mass is 457 g/mol. The van der Waals surface area contributed by atoms with Crippen LogP contribution in [0, 0.1) is 17.2 Å². The molecule has 2 atom stereocenters. The van der Waals surface area contributed by atoms with Crippen LogP contribution in [0.5, 0.6) is 5.75 Å². The standard InChI is InChI=1S/C22H21Cl2N5O2/c1-12-11-29(8-7-15(12)26-16-4-3-13(23)9-18(16)30)21-14(10-25)22(31)28(2)17-5-6-19(24)27-20(17)21/h3-6,9,12,15,26,30H,7-8,11H2,1-2H3/t12-,15-/m0/s1. The zero-order chi connectivity index (χ0) is 22.3. The lowest BCUT2D eigenvalue weighted by Gasteiger charge is -2.39. The molecular formula is C22H21Cl2N5O2. The van der Waals surface area contributed by atoms with Crippen LogP contribution < -0.4 is 15.8 Å². The summed E-state index contributed by atoms with van der Waals surface area (Å²) in [6.07, 6.45) is 0.741. The number of fused-ring (bicyclic) bond motifs is 1. The number of hydrogen-bond donors (Lipinski definition) is 2.